The van der Waals surface area contributed by atoms with Crippen molar-refractivity contribution in [2.24, 2.45) is 0 Å². The molecule has 1 amide bonds. The Morgan fingerprint density at radius 3 is 2.37 bits per heavy atom. The average Bonchev–Trinajstić information content (AvgIpc) is 2.64. The quantitative estimate of drug-likeness (QED) is 0.605. The number of hydrogen-bond acceptors (Lipinski definition) is 5. The van der Waals surface area contributed by atoms with Gasteiger partial charge in [-0.15, -0.1) is 0 Å². The first-order valence-corrected chi connectivity index (χ1v) is 12.2. The van der Waals surface area contributed by atoms with E-state index in [0.717, 1.165) is 17.9 Å². The summed E-state index contributed by atoms with van der Waals surface area (Å²) in [7, 11) is -3.33. The van der Waals surface area contributed by atoms with Crippen LogP contribution in [-0.2, 0) is 19.6 Å². The van der Waals surface area contributed by atoms with Crippen molar-refractivity contribution in [2.75, 3.05) is 23.3 Å². The summed E-state index contributed by atoms with van der Waals surface area (Å²) in [6.45, 7) is 12.5. The molecule has 0 aliphatic carbocycles. The van der Waals surface area contributed by atoms with E-state index in [-0.39, 0.29) is 24.2 Å². The van der Waals surface area contributed by atoms with Crippen LogP contribution in [0, 0.1) is 0 Å². The summed E-state index contributed by atoms with van der Waals surface area (Å²) in [5, 5.41) is 2.91. The standard InChI is InChI=1S/C22H37N3O4S/c1-16-15-25(17(2)18(3)29-16)20-12-10-19(11-13-20)24-21(26)9-7-8-14-23-30(27,28)22(4,5)6/h10-13,16-18,23H,7-9,14-15H2,1-6H3,(H,24,26)/t16-,17?,18+/m0/s1. The first-order chi connectivity index (χ1) is 13.9. The van der Waals surface area contributed by atoms with Gasteiger partial charge < -0.3 is 15.0 Å². The molecule has 1 aromatic rings. The summed E-state index contributed by atoms with van der Waals surface area (Å²) in [6, 6.07) is 8.18. The van der Waals surface area contributed by atoms with E-state index in [1.165, 1.54) is 0 Å². The van der Waals surface area contributed by atoms with Gasteiger partial charge in [-0.05, 0) is 78.6 Å². The molecule has 3 atom stereocenters. The Morgan fingerprint density at radius 2 is 1.77 bits per heavy atom. The van der Waals surface area contributed by atoms with E-state index in [0.29, 0.717) is 25.8 Å². The number of ether oxygens (including phenoxy) is 1. The van der Waals surface area contributed by atoms with Gasteiger partial charge in [0.05, 0.1) is 23.0 Å². The summed E-state index contributed by atoms with van der Waals surface area (Å²) < 4.78 is 31.6. The number of morpholine rings is 1. The molecule has 1 unspecified atom stereocenters. The Bertz CT molecular complexity index is 803. The zero-order valence-corrected chi connectivity index (χ0v) is 19.9. The van der Waals surface area contributed by atoms with Crippen LogP contribution in [0.3, 0.4) is 0 Å². The summed E-state index contributed by atoms with van der Waals surface area (Å²) in [5.74, 6) is -0.0663. The van der Waals surface area contributed by atoms with E-state index in [4.69, 9.17) is 4.74 Å². The minimum absolute atomic E-state index is 0.0663. The number of nitrogens with one attached hydrogen (secondary N) is 2. The van der Waals surface area contributed by atoms with Gasteiger partial charge in [-0.1, -0.05) is 0 Å². The van der Waals surface area contributed by atoms with Crippen molar-refractivity contribution in [1.82, 2.24) is 4.72 Å². The highest BCUT2D eigenvalue weighted by Gasteiger charge is 2.29. The fourth-order valence-electron chi connectivity index (χ4n) is 3.35. The highest BCUT2D eigenvalue weighted by molar-refractivity contribution is 7.90. The lowest BCUT2D eigenvalue weighted by molar-refractivity contribution is -0.116. The first-order valence-electron chi connectivity index (χ1n) is 10.7. The van der Waals surface area contributed by atoms with Crippen molar-refractivity contribution >= 4 is 27.3 Å². The minimum atomic E-state index is -3.33. The summed E-state index contributed by atoms with van der Waals surface area (Å²) >= 11 is 0. The molecule has 1 aliphatic rings. The summed E-state index contributed by atoms with van der Waals surface area (Å²) in [6.07, 6.45) is 1.95. The zero-order chi connectivity index (χ0) is 22.5. The molecule has 7 nitrogen and oxygen atoms in total. The molecule has 2 N–H and O–H groups in total. The Kier molecular flexibility index (Phi) is 8.30. The molecule has 170 valence electrons. The molecule has 1 saturated heterocycles. The third-order valence-electron chi connectivity index (χ3n) is 5.48. The topological polar surface area (TPSA) is 87.7 Å². The smallest absolute Gasteiger partial charge is 0.224 e. The predicted molar refractivity (Wildman–Crippen MR) is 122 cm³/mol. The van der Waals surface area contributed by atoms with Crippen molar-refractivity contribution in [1.29, 1.82) is 0 Å². The number of nitrogens with zero attached hydrogens (tertiary/aromatic N) is 1. The lowest BCUT2D eigenvalue weighted by atomic mass is 10.1. The van der Waals surface area contributed by atoms with Gasteiger partial charge in [0, 0.05) is 30.9 Å². The molecule has 2 rings (SSSR count). The Balaban J connectivity index is 1.77. The Labute approximate surface area is 181 Å². The number of benzene rings is 1. The zero-order valence-electron chi connectivity index (χ0n) is 19.1. The van der Waals surface area contributed by atoms with Crippen LogP contribution in [0.4, 0.5) is 11.4 Å². The van der Waals surface area contributed by atoms with Crippen LogP contribution in [-0.4, -0.2) is 50.4 Å². The van der Waals surface area contributed by atoms with Crippen molar-refractivity contribution in [3.63, 3.8) is 0 Å². The van der Waals surface area contributed by atoms with Crippen molar-refractivity contribution < 1.29 is 17.9 Å². The van der Waals surface area contributed by atoms with E-state index in [9.17, 15) is 13.2 Å². The number of anilines is 2. The van der Waals surface area contributed by atoms with E-state index in [1.54, 1.807) is 20.8 Å². The van der Waals surface area contributed by atoms with Gasteiger partial charge in [0.25, 0.3) is 0 Å². The summed E-state index contributed by atoms with van der Waals surface area (Å²) in [5.41, 5.74) is 1.88. The lowest BCUT2D eigenvalue weighted by Gasteiger charge is -2.42. The van der Waals surface area contributed by atoms with Crippen LogP contribution in [0.1, 0.15) is 60.8 Å². The second-order valence-electron chi connectivity index (χ2n) is 9.11. The van der Waals surface area contributed by atoms with E-state index in [1.807, 2.05) is 24.3 Å². The second kappa shape index (κ2) is 10.1. The Morgan fingerprint density at radius 1 is 1.13 bits per heavy atom. The van der Waals surface area contributed by atoms with Gasteiger partial charge >= 0.3 is 0 Å². The highest BCUT2D eigenvalue weighted by Crippen LogP contribution is 2.26. The third kappa shape index (κ3) is 6.68. The van der Waals surface area contributed by atoms with Crippen LogP contribution in [0.25, 0.3) is 0 Å². The van der Waals surface area contributed by atoms with E-state index >= 15 is 0 Å². The molecule has 8 heteroatoms. The van der Waals surface area contributed by atoms with Gasteiger partial charge in [-0.2, -0.15) is 0 Å². The first kappa shape index (κ1) is 24.6. The molecule has 1 fully saturated rings. The largest absolute Gasteiger partial charge is 0.372 e. The molecule has 1 aliphatic heterocycles. The molecule has 1 heterocycles. The van der Waals surface area contributed by atoms with Crippen molar-refractivity contribution in [3.05, 3.63) is 24.3 Å². The lowest BCUT2D eigenvalue weighted by Crippen LogP contribution is -2.52. The van der Waals surface area contributed by atoms with Crippen LogP contribution < -0.4 is 14.9 Å². The maximum atomic E-state index is 12.2. The van der Waals surface area contributed by atoms with Crippen LogP contribution >= 0.6 is 0 Å². The van der Waals surface area contributed by atoms with Crippen LogP contribution in [0.2, 0.25) is 0 Å². The number of rotatable bonds is 8. The van der Waals surface area contributed by atoms with Crippen LogP contribution in [0.15, 0.2) is 24.3 Å². The molecule has 30 heavy (non-hydrogen) atoms. The number of unbranched alkanes of at least 4 members (excludes halogenated alkanes) is 1. The molecule has 1 aromatic carbocycles. The second-order valence-corrected chi connectivity index (χ2v) is 11.6. The van der Waals surface area contributed by atoms with Gasteiger partial charge in [0.15, 0.2) is 0 Å². The minimum Gasteiger partial charge on any atom is -0.372 e. The molecule has 0 radical (unpaired) electrons. The van der Waals surface area contributed by atoms with E-state index in [2.05, 4.69) is 35.7 Å². The Hall–Kier alpha value is -1.64. The maximum absolute atomic E-state index is 12.2. The molecular formula is C22H37N3O4S. The highest BCUT2D eigenvalue weighted by atomic mass is 32.2. The van der Waals surface area contributed by atoms with Crippen molar-refractivity contribution in [2.45, 2.75) is 83.8 Å². The fourth-order valence-corrected chi connectivity index (χ4v) is 4.20. The van der Waals surface area contributed by atoms with Gasteiger partial charge in [-0.25, -0.2) is 13.1 Å². The fraction of sp³-hybridized carbons (Fsp3) is 0.682. The number of carbonyl (C=O) groups excluding carboxylic acids is 1. The molecule has 0 aromatic heterocycles. The van der Waals surface area contributed by atoms with Gasteiger partial charge in [0.1, 0.15) is 0 Å². The molecule has 0 saturated carbocycles. The maximum Gasteiger partial charge on any atom is 0.224 e. The predicted octanol–water partition coefficient (Wildman–Crippen LogP) is 3.52. The van der Waals surface area contributed by atoms with E-state index < -0.39 is 14.8 Å². The van der Waals surface area contributed by atoms with Crippen LogP contribution in [0.5, 0.6) is 0 Å². The summed E-state index contributed by atoms with van der Waals surface area (Å²) in [4.78, 5) is 14.5. The van der Waals surface area contributed by atoms with Gasteiger partial charge in [0.2, 0.25) is 15.9 Å². The normalized spacial score (nSPS) is 22.7. The average molecular weight is 440 g/mol. The SMILES string of the molecule is CC1[C@@H](C)O[C@@H](C)CN1c1ccc(NC(=O)CCCCNS(=O)(=O)C(C)(C)C)cc1. The number of hydrogen-bond donors (Lipinski definition) is 2. The van der Waals surface area contributed by atoms with Gasteiger partial charge in [-0.3, -0.25) is 4.79 Å². The number of sulfonamides is 1. The third-order valence-corrected chi connectivity index (χ3v) is 7.68. The van der Waals surface area contributed by atoms with Crippen molar-refractivity contribution in [3.8, 4) is 0 Å². The number of carbonyl (C=O) groups is 1. The molecular weight excluding hydrogens is 402 g/mol. The molecule has 0 bridgehead atoms. The molecule has 0 spiro atoms. The number of amides is 1. The monoisotopic (exact) mass is 439 g/mol.